The van der Waals surface area contributed by atoms with Crippen molar-refractivity contribution >= 4 is 21.6 Å². The molecule has 6 nitrogen and oxygen atoms in total. The first-order chi connectivity index (χ1) is 9.22. The summed E-state index contributed by atoms with van der Waals surface area (Å²) in [7, 11) is 0. The molecule has 7 heteroatoms. The van der Waals surface area contributed by atoms with Crippen LogP contribution in [0.2, 0.25) is 0 Å². The lowest BCUT2D eigenvalue weighted by Gasteiger charge is -2.35. The van der Waals surface area contributed by atoms with Gasteiger partial charge in [-0.3, -0.25) is 0 Å². The Morgan fingerprint density at radius 1 is 1.32 bits per heavy atom. The summed E-state index contributed by atoms with van der Waals surface area (Å²) in [4.78, 5) is 0. The Labute approximate surface area is 118 Å². The van der Waals surface area contributed by atoms with E-state index < -0.39 is 0 Å². The Hall–Kier alpha value is -1.47. The molecule has 1 aromatic carbocycles. The summed E-state index contributed by atoms with van der Waals surface area (Å²) in [5, 5.41) is 14.6. The third kappa shape index (κ3) is 2.12. The van der Waals surface area contributed by atoms with Crippen molar-refractivity contribution in [2.75, 3.05) is 18.9 Å². The monoisotopic (exact) mass is 323 g/mol. The Kier molecular flexibility index (Phi) is 3.24. The summed E-state index contributed by atoms with van der Waals surface area (Å²) in [5.74, 6) is 0.715. The number of tetrazole rings is 1. The average molecular weight is 324 g/mol. The molecule has 0 unspecified atom stereocenters. The van der Waals surface area contributed by atoms with Crippen LogP contribution in [0.15, 0.2) is 22.7 Å². The van der Waals surface area contributed by atoms with E-state index in [1.165, 1.54) is 0 Å². The van der Waals surface area contributed by atoms with E-state index in [4.69, 9.17) is 10.5 Å². The lowest BCUT2D eigenvalue weighted by molar-refractivity contribution is 0.0604. The second-order valence-corrected chi connectivity index (χ2v) is 5.52. The van der Waals surface area contributed by atoms with Crippen LogP contribution in [-0.2, 0) is 10.2 Å². The summed E-state index contributed by atoms with van der Waals surface area (Å²) in [5.41, 5.74) is 7.47. The minimum Gasteiger partial charge on any atom is -0.398 e. The standard InChI is InChI=1S/C12H14BrN5O/c13-9-7-8(1-2-10(9)14)12(3-5-19-6-4-12)11-15-17-18-16-11/h1-2,7H,3-6,14H2,(H,15,16,17,18). The summed E-state index contributed by atoms with van der Waals surface area (Å²) in [6.45, 7) is 1.38. The minimum atomic E-state index is -0.249. The summed E-state index contributed by atoms with van der Waals surface area (Å²) >= 11 is 3.48. The molecular weight excluding hydrogens is 310 g/mol. The molecule has 2 heterocycles. The number of ether oxygens (including phenoxy) is 1. The number of hydrogen-bond acceptors (Lipinski definition) is 5. The number of hydrogen-bond donors (Lipinski definition) is 2. The van der Waals surface area contributed by atoms with Gasteiger partial charge in [0.15, 0.2) is 5.82 Å². The Bertz CT molecular complexity index is 566. The molecule has 0 saturated carbocycles. The van der Waals surface area contributed by atoms with Crippen LogP contribution < -0.4 is 5.73 Å². The van der Waals surface area contributed by atoms with Crippen molar-refractivity contribution in [1.29, 1.82) is 0 Å². The van der Waals surface area contributed by atoms with Gasteiger partial charge in [0.05, 0.1) is 5.41 Å². The van der Waals surface area contributed by atoms with Gasteiger partial charge in [0.2, 0.25) is 0 Å². The Morgan fingerprint density at radius 2 is 2.11 bits per heavy atom. The van der Waals surface area contributed by atoms with Gasteiger partial charge in [0, 0.05) is 23.4 Å². The van der Waals surface area contributed by atoms with Crippen molar-refractivity contribution in [2.45, 2.75) is 18.3 Å². The predicted octanol–water partition coefficient (Wildman–Crippen LogP) is 1.64. The highest BCUT2D eigenvalue weighted by molar-refractivity contribution is 9.10. The van der Waals surface area contributed by atoms with Gasteiger partial charge in [-0.05, 0) is 46.5 Å². The molecular formula is C12H14BrN5O. The molecule has 1 saturated heterocycles. The van der Waals surface area contributed by atoms with E-state index in [9.17, 15) is 0 Å². The Morgan fingerprint density at radius 3 is 2.74 bits per heavy atom. The maximum Gasteiger partial charge on any atom is 0.185 e. The molecule has 1 fully saturated rings. The molecule has 1 aromatic heterocycles. The smallest absolute Gasteiger partial charge is 0.185 e. The van der Waals surface area contributed by atoms with E-state index in [-0.39, 0.29) is 5.41 Å². The van der Waals surface area contributed by atoms with Gasteiger partial charge >= 0.3 is 0 Å². The second kappa shape index (κ2) is 4.90. The van der Waals surface area contributed by atoms with Crippen molar-refractivity contribution in [3.05, 3.63) is 34.1 Å². The zero-order valence-corrected chi connectivity index (χ0v) is 11.9. The van der Waals surface area contributed by atoms with Crippen LogP contribution in [0, 0.1) is 0 Å². The first kappa shape index (κ1) is 12.6. The van der Waals surface area contributed by atoms with E-state index in [1.54, 1.807) is 0 Å². The minimum absolute atomic E-state index is 0.249. The molecule has 0 radical (unpaired) electrons. The van der Waals surface area contributed by atoms with E-state index in [2.05, 4.69) is 36.6 Å². The lowest BCUT2D eigenvalue weighted by Crippen LogP contribution is -2.36. The van der Waals surface area contributed by atoms with Crippen LogP contribution in [0.4, 0.5) is 5.69 Å². The molecule has 1 aliphatic rings. The second-order valence-electron chi connectivity index (χ2n) is 4.67. The number of rotatable bonds is 2. The number of nitrogens with two attached hydrogens (primary N) is 1. The molecule has 3 rings (SSSR count). The van der Waals surface area contributed by atoms with Crippen LogP contribution in [0.3, 0.4) is 0 Å². The number of nitrogens with one attached hydrogen (secondary N) is 1. The average Bonchev–Trinajstić information content (AvgIpc) is 2.97. The molecule has 19 heavy (non-hydrogen) atoms. The van der Waals surface area contributed by atoms with Gasteiger partial charge in [-0.2, -0.15) is 5.21 Å². The van der Waals surface area contributed by atoms with Crippen molar-refractivity contribution in [3.63, 3.8) is 0 Å². The van der Waals surface area contributed by atoms with Crippen LogP contribution in [0.1, 0.15) is 24.2 Å². The first-order valence-corrected chi connectivity index (χ1v) is 6.89. The fourth-order valence-electron chi connectivity index (χ4n) is 2.55. The number of halogens is 1. The van der Waals surface area contributed by atoms with E-state index in [0.29, 0.717) is 19.0 Å². The number of nitrogen functional groups attached to an aromatic ring is 1. The van der Waals surface area contributed by atoms with Crippen LogP contribution in [0.5, 0.6) is 0 Å². The number of anilines is 1. The van der Waals surface area contributed by atoms with Crippen molar-refractivity contribution in [1.82, 2.24) is 20.6 Å². The highest BCUT2D eigenvalue weighted by atomic mass is 79.9. The molecule has 100 valence electrons. The third-order valence-corrected chi connectivity index (χ3v) is 4.36. The summed E-state index contributed by atoms with van der Waals surface area (Å²) in [6.07, 6.45) is 1.67. The lowest BCUT2D eigenvalue weighted by atomic mass is 9.73. The molecule has 0 atom stereocenters. The SMILES string of the molecule is Nc1ccc(C2(c3nn[nH]n3)CCOCC2)cc1Br. The van der Waals surface area contributed by atoms with Crippen LogP contribution in [0.25, 0.3) is 0 Å². The number of nitrogens with zero attached hydrogens (tertiary/aromatic N) is 3. The van der Waals surface area contributed by atoms with Gasteiger partial charge in [0.25, 0.3) is 0 Å². The number of aromatic amines is 1. The number of benzene rings is 1. The van der Waals surface area contributed by atoms with Crippen LogP contribution in [-0.4, -0.2) is 33.8 Å². The zero-order valence-electron chi connectivity index (χ0n) is 10.3. The fraction of sp³-hybridized carbons (Fsp3) is 0.417. The molecule has 0 bridgehead atoms. The van der Waals surface area contributed by atoms with Gasteiger partial charge in [-0.1, -0.05) is 11.3 Å². The van der Waals surface area contributed by atoms with Gasteiger partial charge in [0.1, 0.15) is 0 Å². The summed E-state index contributed by atoms with van der Waals surface area (Å²) < 4.78 is 6.36. The molecule has 0 amide bonds. The van der Waals surface area contributed by atoms with E-state index in [1.807, 2.05) is 18.2 Å². The maximum atomic E-state index is 5.86. The molecule has 0 spiro atoms. The fourth-order valence-corrected chi connectivity index (χ4v) is 2.93. The Balaban J connectivity index is 2.11. The normalized spacial score (nSPS) is 18.4. The van der Waals surface area contributed by atoms with Gasteiger partial charge in [-0.25, -0.2) is 0 Å². The maximum absolute atomic E-state index is 5.86. The first-order valence-electron chi connectivity index (χ1n) is 6.09. The molecule has 0 aliphatic carbocycles. The van der Waals surface area contributed by atoms with E-state index >= 15 is 0 Å². The molecule has 3 N–H and O–H groups in total. The van der Waals surface area contributed by atoms with Crippen molar-refractivity contribution in [2.24, 2.45) is 0 Å². The largest absolute Gasteiger partial charge is 0.398 e. The quantitative estimate of drug-likeness (QED) is 0.820. The van der Waals surface area contributed by atoms with E-state index in [0.717, 1.165) is 28.6 Å². The number of H-pyrrole nitrogens is 1. The third-order valence-electron chi connectivity index (χ3n) is 3.67. The van der Waals surface area contributed by atoms with Crippen molar-refractivity contribution < 1.29 is 4.74 Å². The molecule has 1 aliphatic heterocycles. The predicted molar refractivity (Wildman–Crippen MR) is 73.6 cm³/mol. The van der Waals surface area contributed by atoms with Gasteiger partial charge in [-0.15, -0.1) is 10.2 Å². The highest BCUT2D eigenvalue weighted by Gasteiger charge is 2.40. The summed E-state index contributed by atoms with van der Waals surface area (Å²) in [6, 6.07) is 5.97. The van der Waals surface area contributed by atoms with Crippen molar-refractivity contribution in [3.8, 4) is 0 Å². The topological polar surface area (TPSA) is 89.7 Å². The van der Waals surface area contributed by atoms with Crippen LogP contribution >= 0.6 is 15.9 Å². The zero-order chi connectivity index (χ0) is 13.3. The molecule has 2 aromatic rings. The van der Waals surface area contributed by atoms with Gasteiger partial charge < -0.3 is 10.5 Å². The highest BCUT2D eigenvalue weighted by Crippen LogP contribution is 2.40. The number of aromatic nitrogens is 4.